The fourth-order valence-corrected chi connectivity index (χ4v) is 5.76. The van der Waals surface area contributed by atoms with Crippen molar-refractivity contribution in [3.05, 3.63) is 138 Å². The Balaban J connectivity index is 1.35. The maximum absolute atomic E-state index is 10.3. The van der Waals surface area contributed by atoms with E-state index in [9.17, 15) is 5.26 Å². The predicted molar refractivity (Wildman–Crippen MR) is 179 cm³/mol. The molecule has 0 aliphatic carbocycles. The molecule has 1 saturated heterocycles. The predicted octanol–water partition coefficient (Wildman–Crippen LogP) is 9.86. The summed E-state index contributed by atoms with van der Waals surface area (Å²) in [6.45, 7) is 1.95. The molecule has 0 unspecified atom stereocenters. The van der Waals surface area contributed by atoms with Crippen molar-refractivity contribution in [3.63, 3.8) is 0 Å². The number of anilines is 4. The lowest BCUT2D eigenvalue weighted by molar-refractivity contribution is 0.415. The summed E-state index contributed by atoms with van der Waals surface area (Å²) in [5, 5.41) is 10.3. The van der Waals surface area contributed by atoms with E-state index in [1.54, 1.807) is 7.11 Å². The van der Waals surface area contributed by atoms with Crippen molar-refractivity contribution in [2.75, 3.05) is 30.0 Å². The molecule has 0 bridgehead atoms. The Labute approximate surface area is 254 Å². The molecule has 5 aromatic rings. The zero-order valence-corrected chi connectivity index (χ0v) is 24.5. The molecule has 0 atom stereocenters. The number of piperidine rings is 1. The molecular weight excluding hydrogens is 526 g/mol. The number of hydrogen-bond acceptors (Lipinski definition) is 4. The molecule has 1 aliphatic heterocycles. The fraction of sp³-hybridized carbons (Fsp3) is 0.154. The third-order valence-electron chi connectivity index (χ3n) is 8.02. The molecule has 212 valence electrons. The third-order valence-corrected chi connectivity index (χ3v) is 8.02. The largest absolute Gasteiger partial charge is 0.497 e. The van der Waals surface area contributed by atoms with E-state index in [0.29, 0.717) is 0 Å². The van der Waals surface area contributed by atoms with Gasteiger partial charge in [0.25, 0.3) is 0 Å². The van der Waals surface area contributed by atoms with Crippen molar-refractivity contribution in [3.8, 4) is 22.9 Å². The van der Waals surface area contributed by atoms with Gasteiger partial charge in [0.2, 0.25) is 0 Å². The smallest absolute Gasteiger partial charge is 0.118 e. The summed E-state index contributed by atoms with van der Waals surface area (Å²) < 4.78 is 5.38. The van der Waals surface area contributed by atoms with Gasteiger partial charge in [-0.1, -0.05) is 72.8 Å². The molecule has 0 amide bonds. The number of hydrogen-bond donors (Lipinski definition) is 0. The Hall–Kier alpha value is -5.27. The second kappa shape index (κ2) is 13.1. The molecule has 6 rings (SSSR count). The number of para-hydroxylation sites is 2. The number of ether oxygens (including phenoxy) is 1. The molecule has 0 saturated carbocycles. The Morgan fingerprint density at radius 2 is 1.28 bits per heavy atom. The van der Waals surface area contributed by atoms with Crippen molar-refractivity contribution in [1.29, 1.82) is 5.26 Å². The summed E-state index contributed by atoms with van der Waals surface area (Å²) in [4.78, 5) is 4.63. The molecule has 0 radical (unpaired) electrons. The van der Waals surface area contributed by atoms with E-state index in [0.717, 1.165) is 82.2 Å². The third kappa shape index (κ3) is 6.32. The number of benzene rings is 5. The van der Waals surface area contributed by atoms with Crippen molar-refractivity contribution < 1.29 is 4.74 Å². The monoisotopic (exact) mass is 561 g/mol. The molecule has 4 heteroatoms. The Bertz CT molecular complexity index is 1680. The van der Waals surface area contributed by atoms with E-state index >= 15 is 0 Å². The van der Waals surface area contributed by atoms with E-state index in [1.165, 1.54) is 6.42 Å². The summed E-state index contributed by atoms with van der Waals surface area (Å²) in [7, 11) is 1.68. The highest BCUT2D eigenvalue weighted by molar-refractivity contribution is 5.84. The van der Waals surface area contributed by atoms with Gasteiger partial charge in [0.1, 0.15) is 11.8 Å². The summed E-state index contributed by atoms with van der Waals surface area (Å²) in [6, 6.07) is 44.4. The molecule has 0 N–H and O–H groups in total. The Morgan fingerprint density at radius 1 is 0.674 bits per heavy atom. The van der Waals surface area contributed by atoms with Crippen LogP contribution in [0.2, 0.25) is 0 Å². The van der Waals surface area contributed by atoms with Gasteiger partial charge in [-0.25, -0.2) is 0 Å². The van der Waals surface area contributed by atoms with Gasteiger partial charge in [0.15, 0.2) is 0 Å². The minimum absolute atomic E-state index is 0.728. The highest BCUT2D eigenvalue weighted by atomic mass is 16.5. The molecule has 1 heterocycles. The van der Waals surface area contributed by atoms with Crippen LogP contribution in [0.25, 0.3) is 23.3 Å². The van der Waals surface area contributed by atoms with E-state index < -0.39 is 0 Å². The number of rotatable bonds is 8. The lowest BCUT2D eigenvalue weighted by Crippen LogP contribution is -2.30. The van der Waals surface area contributed by atoms with Gasteiger partial charge in [-0.15, -0.1) is 0 Å². The van der Waals surface area contributed by atoms with E-state index in [-0.39, 0.29) is 0 Å². The van der Waals surface area contributed by atoms with Crippen LogP contribution in [0.15, 0.2) is 121 Å². The summed E-state index contributed by atoms with van der Waals surface area (Å²) in [6.07, 6.45) is 7.73. The van der Waals surface area contributed by atoms with Gasteiger partial charge in [-0.3, -0.25) is 0 Å². The maximum Gasteiger partial charge on any atom is 0.118 e. The number of nitrogens with zero attached hydrogens (tertiary/aromatic N) is 3. The Morgan fingerprint density at radius 3 is 1.86 bits per heavy atom. The van der Waals surface area contributed by atoms with Crippen molar-refractivity contribution in [2.24, 2.45) is 0 Å². The fourth-order valence-electron chi connectivity index (χ4n) is 5.76. The lowest BCUT2D eigenvalue weighted by atomic mass is 9.95. The van der Waals surface area contributed by atoms with Gasteiger partial charge >= 0.3 is 0 Å². The standard InChI is InChI=1S/C39H35N3O/c1-43-37-23-19-31(20-24-37)33-27-32(38(29-40)39(28-33)41-25-9-4-10-26-41)18-15-30-16-21-36(22-17-30)42(34-11-5-2-6-12-34)35-13-7-3-8-14-35/h2-3,5-8,11-24,27-28H,4,9-10,25-26H2,1H3/b18-15+. The van der Waals surface area contributed by atoms with Crippen LogP contribution in [0.3, 0.4) is 0 Å². The first kappa shape index (κ1) is 27.9. The van der Waals surface area contributed by atoms with E-state index in [2.05, 4.69) is 125 Å². The number of methoxy groups -OCH3 is 1. The summed E-state index contributed by atoms with van der Waals surface area (Å²) in [5.74, 6) is 0.829. The average molecular weight is 562 g/mol. The zero-order chi connectivity index (χ0) is 29.4. The first-order valence-corrected chi connectivity index (χ1v) is 14.9. The molecule has 1 fully saturated rings. The molecule has 0 aromatic heterocycles. The van der Waals surface area contributed by atoms with E-state index in [4.69, 9.17) is 4.74 Å². The first-order valence-electron chi connectivity index (χ1n) is 14.9. The van der Waals surface area contributed by atoms with Crippen LogP contribution < -0.4 is 14.5 Å². The van der Waals surface area contributed by atoms with Crippen LogP contribution in [0, 0.1) is 11.3 Å². The van der Waals surface area contributed by atoms with Crippen LogP contribution in [-0.2, 0) is 0 Å². The highest BCUT2D eigenvalue weighted by Crippen LogP contribution is 2.36. The quantitative estimate of drug-likeness (QED) is 0.177. The van der Waals surface area contributed by atoms with Crippen molar-refractivity contribution in [2.45, 2.75) is 19.3 Å². The molecular formula is C39H35N3O. The van der Waals surface area contributed by atoms with Gasteiger partial charge in [-0.2, -0.15) is 5.26 Å². The molecule has 5 aromatic carbocycles. The molecule has 4 nitrogen and oxygen atoms in total. The van der Waals surface area contributed by atoms with Crippen LogP contribution in [0.5, 0.6) is 5.75 Å². The van der Waals surface area contributed by atoms with Crippen LogP contribution in [0.1, 0.15) is 36.0 Å². The summed E-state index contributed by atoms with van der Waals surface area (Å²) in [5.41, 5.74) is 9.24. The minimum Gasteiger partial charge on any atom is -0.497 e. The molecule has 43 heavy (non-hydrogen) atoms. The van der Waals surface area contributed by atoms with Crippen LogP contribution in [-0.4, -0.2) is 20.2 Å². The maximum atomic E-state index is 10.3. The SMILES string of the molecule is COc1ccc(-c2cc(/C=C/c3ccc(N(c4ccccc4)c4ccccc4)cc3)c(C#N)c(N3CCCCC3)c2)cc1. The second-order valence-electron chi connectivity index (χ2n) is 10.8. The zero-order valence-electron chi connectivity index (χ0n) is 24.5. The molecule has 1 aliphatic rings. The van der Waals surface area contributed by atoms with Crippen LogP contribution in [0.4, 0.5) is 22.7 Å². The Kier molecular flexibility index (Phi) is 8.52. The van der Waals surface area contributed by atoms with Gasteiger partial charge in [0.05, 0.1) is 18.4 Å². The van der Waals surface area contributed by atoms with Crippen molar-refractivity contribution >= 4 is 34.9 Å². The van der Waals surface area contributed by atoms with Gasteiger partial charge < -0.3 is 14.5 Å². The summed E-state index contributed by atoms with van der Waals surface area (Å²) >= 11 is 0. The molecule has 0 spiro atoms. The lowest BCUT2D eigenvalue weighted by Gasteiger charge is -2.30. The topological polar surface area (TPSA) is 39.5 Å². The second-order valence-corrected chi connectivity index (χ2v) is 10.8. The minimum atomic E-state index is 0.728. The van der Waals surface area contributed by atoms with Crippen LogP contribution >= 0.6 is 0 Å². The number of nitriles is 1. The van der Waals surface area contributed by atoms with Crippen molar-refractivity contribution in [1.82, 2.24) is 0 Å². The van der Waals surface area contributed by atoms with E-state index in [1.807, 2.05) is 24.3 Å². The van der Waals surface area contributed by atoms with Gasteiger partial charge in [-0.05, 0) is 102 Å². The van der Waals surface area contributed by atoms with Gasteiger partial charge in [0, 0.05) is 30.2 Å². The average Bonchev–Trinajstić information content (AvgIpc) is 3.09. The first-order chi connectivity index (χ1) is 21.2. The normalized spacial score (nSPS) is 13.1. The highest BCUT2D eigenvalue weighted by Gasteiger charge is 2.18.